The zero-order chi connectivity index (χ0) is 21.9. The van der Waals surface area contributed by atoms with Gasteiger partial charge in [-0.15, -0.1) is 0 Å². The van der Waals surface area contributed by atoms with Crippen molar-refractivity contribution >= 4 is 33.2 Å². The number of anilines is 2. The Balaban J connectivity index is 1.90. The van der Waals surface area contributed by atoms with Gasteiger partial charge in [-0.1, -0.05) is 18.6 Å². The Morgan fingerprint density at radius 2 is 1.60 bits per heavy atom. The number of carbonyl (C=O) groups is 2. The maximum absolute atomic E-state index is 13.1. The lowest BCUT2D eigenvalue weighted by Gasteiger charge is -2.26. The lowest BCUT2D eigenvalue weighted by Crippen LogP contribution is -2.36. The lowest BCUT2D eigenvalue weighted by atomic mass is 10.1. The Kier molecular flexibility index (Phi) is 6.58. The van der Waals surface area contributed by atoms with Gasteiger partial charge in [0.15, 0.2) is 0 Å². The average molecular weight is 430 g/mol. The Morgan fingerprint density at radius 1 is 0.900 bits per heavy atom. The number of nitrogens with one attached hydrogen (secondary N) is 2. The molecule has 7 nitrogen and oxygen atoms in total. The number of rotatable bonds is 5. The summed E-state index contributed by atoms with van der Waals surface area (Å²) in [7, 11) is -3.66. The summed E-state index contributed by atoms with van der Waals surface area (Å²) in [5, 5.41) is 5.48. The number of sulfonamides is 1. The SMILES string of the molecule is CC(=O)Nc1ccc(C)cc1NC(=O)c1ccc(C)c(S(=O)(=O)N2CCCCC2)c1. The van der Waals surface area contributed by atoms with Crippen LogP contribution in [0.3, 0.4) is 0 Å². The lowest BCUT2D eigenvalue weighted by molar-refractivity contribution is -0.114. The first-order valence-electron chi connectivity index (χ1n) is 9.99. The van der Waals surface area contributed by atoms with Crippen LogP contribution in [0.2, 0.25) is 0 Å². The highest BCUT2D eigenvalue weighted by atomic mass is 32.2. The maximum atomic E-state index is 13.1. The standard InChI is InChI=1S/C22H27N3O4S/c1-15-7-10-19(23-17(3)26)20(13-15)24-22(27)18-9-8-16(2)21(14-18)30(28,29)25-11-5-4-6-12-25/h7-10,13-14H,4-6,11-12H2,1-3H3,(H,23,26)(H,24,27). The molecule has 1 aliphatic heterocycles. The molecule has 0 spiro atoms. The van der Waals surface area contributed by atoms with Crippen LogP contribution in [0.5, 0.6) is 0 Å². The molecule has 1 heterocycles. The number of benzene rings is 2. The van der Waals surface area contributed by atoms with E-state index in [1.54, 1.807) is 31.2 Å². The predicted octanol–water partition coefficient (Wildman–Crippen LogP) is 3.69. The van der Waals surface area contributed by atoms with Crippen LogP contribution in [0.15, 0.2) is 41.3 Å². The number of carbonyl (C=O) groups excluding carboxylic acids is 2. The van der Waals surface area contributed by atoms with E-state index in [0.29, 0.717) is 30.0 Å². The monoisotopic (exact) mass is 429 g/mol. The maximum Gasteiger partial charge on any atom is 0.255 e. The second kappa shape index (κ2) is 8.97. The van der Waals surface area contributed by atoms with Crippen LogP contribution in [0.25, 0.3) is 0 Å². The molecule has 0 atom stereocenters. The molecule has 8 heteroatoms. The van der Waals surface area contributed by atoms with Gasteiger partial charge in [0.25, 0.3) is 5.91 Å². The van der Waals surface area contributed by atoms with Gasteiger partial charge < -0.3 is 10.6 Å². The van der Waals surface area contributed by atoms with Crippen molar-refractivity contribution in [2.45, 2.75) is 44.9 Å². The molecule has 2 amide bonds. The van der Waals surface area contributed by atoms with Crippen molar-refractivity contribution in [3.05, 3.63) is 53.1 Å². The van der Waals surface area contributed by atoms with E-state index in [1.807, 2.05) is 13.0 Å². The highest BCUT2D eigenvalue weighted by molar-refractivity contribution is 7.89. The summed E-state index contributed by atoms with van der Waals surface area (Å²) in [6.45, 7) is 6.00. The van der Waals surface area contributed by atoms with E-state index in [0.717, 1.165) is 24.8 Å². The minimum atomic E-state index is -3.66. The van der Waals surface area contributed by atoms with E-state index in [1.165, 1.54) is 17.3 Å². The highest BCUT2D eigenvalue weighted by Crippen LogP contribution is 2.27. The summed E-state index contributed by atoms with van der Waals surface area (Å²) in [6.07, 6.45) is 2.72. The van der Waals surface area contributed by atoms with Gasteiger partial charge in [0.1, 0.15) is 0 Å². The molecule has 1 aliphatic rings. The van der Waals surface area contributed by atoms with Gasteiger partial charge in [-0.2, -0.15) is 4.31 Å². The molecule has 2 aromatic carbocycles. The fourth-order valence-corrected chi connectivity index (χ4v) is 5.29. The summed E-state index contributed by atoms with van der Waals surface area (Å²) in [5.41, 5.74) is 2.70. The minimum absolute atomic E-state index is 0.156. The van der Waals surface area contributed by atoms with E-state index < -0.39 is 15.9 Å². The first-order valence-corrected chi connectivity index (χ1v) is 11.4. The summed E-state index contributed by atoms with van der Waals surface area (Å²) in [4.78, 5) is 24.5. The van der Waals surface area contributed by atoms with Gasteiger partial charge in [0.2, 0.25) is 15.9 Å². The Morgan fingerprint density at radius 3 is 2.27 bits per heavy atom. The summed E-state index contributed by atoms with van der Waals surface area (Å²) >= 11 is 0. The molecule has 0 radical (unpaired) electrons. The molecular weight excluding hydrogens is 402 g/mol. The van der Waals surface area contributed by atoms with Crippen LogP contribution in [-0.4, -0.2) is 37.6 Å². The van der Waals surface area contributed by atoms with Crippen molar-refractivity contribution in [1.29, 1.82) is 0 Å². The topological polar surface area (TPSA) is 95.6 Å². The third kappa shape index (κ3) is 4.88. The number of hydrogen-bond donors (Lipinski definition) is 2. The van der Waals surface area contributed by atoms with Crippen molar-refractivity contribution in [1.82, 2.24) is 4.31 Å². The fraction of sp³-hybridized carbons (Fsp3) is 0.364. The molecule has 0 aliphatic carbocycles. The highest BCUT2D eigenvalue weighted by Gasteiger charge is 2.28. The van der Waals surface area contributed by atoms with Gasteiger partial charge in [-0.25, -0.2) is 8.42 Å². The van der Waals surface area contributed by atoms with Crippen LogP contribution in [0, 0.1) is 13.8 Å². The van der Waals surface area contributed by atoms with Crippen LogP contribution < -0.4 is 10.6 Å². The number of piperidine rings is 1. The Bertz CT molecular complexity index is 1070. The Labute approximate surface area is 177 Å². The van der Waals surface area contributed by atoms with Crippen molar-refractivity contribution < 1.29 is 18.0 Å². The predicted molar refractivity (Wildman–Crippen MR) is 117 cm³/mol. The molecule has 0 aromatic heterocycles. The van der Waals surface area contributed by atoms with Gasteiger partial charge >= 0.3 is 0 Å². The smallest absolute Gasteiger partial charge is 0.255 e. The number of hydrogen-bond acceptors (Lipinski definition) is 4. The third-order valence-corrected chi connectivity index (χ3v) is 7.16. The largest absolute Gasteiger partial charge is 0.325 e. The van der Waals surface area contributed by atoms with Crippen molar-refractivity contribution in [3.8, 4) is 0 Å². The third-order valence-electron chi connectivity index (χ3n) is 5.12. The quantitative estimate of drug-likeness (QED) is 0.758. The van der Waals surface area contributed by atoms with E-state index in [9.17, 15) is 18.0 Å². The van der Waals surface area contributed by atoms with E-state index in [-0.39, 0.29) is 16.4 Å². The molecule has 30 heavy (non-hydrogen) atoms. The minimum Gasteiger partial charge on any atom is -0.325 e. The van der Waals surface area contributed by atoms with Crippen molar-refractivity contribution in [2.24, 2.45) is 0 Å². The van der Waals surface area contributed by atoms with Crippen LogP contribution >= 0.6 is 0 Å². The van der Waals surface area contributed by atoms with Gasteiger partial charge in [0, 0.05) is 25.6 Å². The van der Waals surface area contributed by atoms with Gasteiger partial charge in [-0.05, 0) is 62.1 Å². The van der Waals surface area contributed by atoms with Crippen LogP contribution in [0.4, 0.5) is 11.4 Å². The zero-order valence-corrected chi connectivity index (χ0v) is 18.3. The van der Waals surface area contributed by atoms with Gasteiger partial charge in [-0.3, -0.25) is 9.59 Å². The first-order chi connectivity index (χ1) is 14.2. The van der Waals surface area contributed by atoms with Crippen molar-refractivity contribution in [3.63, 3.8) is 0 Å². The molecular formula is C22H27N3O4S. The van der Waals surface area contributed by atoms with Crippen LogP contribution in [0.1, 0.15) is 47.7 Å². The molecule has 2 N–H and O–H groups in total. The molecule has 0 bridgehead atoms. The van der Waals surface area contributed by atoms with E-state index >= 15 is 0 Å². The molecule has 3 rings (SSSR count). The summed E-state index contributed by atoms with van der Waals surface area (Å²) < 4.78 is 27.7. The zero-order valence-electron chi connectivity index (χ0n) is 17.5. The van der Waals surface area contributed by atoms with Crippen molar-refractivity contribution in [2.75, 3.05) is 23.7 Å². The number of amides is 2. The molecule has 1 saturated heterocycles. The molecule has 2 aromatic rings. The first kappa shape index (κ1) is 22.0. The second-order valence-corrected chi connectivity index (χ2v) is 9.54. The summed E-state index contributed by atoms with van der Waals surface area (Å²) in [5.74, 6) is -0.693. The van der Waals surface area contributed by atoms with E-state index in [2.05, 4.69) is 10.6 Å². The number of nitrogens with zero attached hydrogens (tertiary/aromatic N) is 1. The summed E-state index contributed by atoms with van der Waals surface area (Å²) in [6, 6.07) is 9.99. The Hall–Kier alpha value is -2.71. The van der Waals surface area contributed by atoms with Gasteiger partial charge in [0.05, 0.1) is 16.3 Å². The normalized spacial score (nSPS) is 14.9. The average Bonchev–Trinajstić information content (AvgIpc) is 2.70. The fourth-order valence-electron chi connectivity index (χ4n) is 3.52. The second-order valence-electron chi connectivity index (χ2n) is 7.63. The molecule has 0 unspecified atom stereocenters. The van der Waals surface area contributed by atoms with E-state index in [4.69, 9.17) is 0 Å². The molecule has 0 saturated carbocycles. The molecule has 160 valence electrons. The molecule has 1 fully saturated rings. The van der Waals surface area contributed by atoms with Crippen LogP contribution in [-0.2, 0) is 14.8 Å². The number of aryl methyl sites for hydroxylation is 2.